The van der Waals surface area contributed by atoms with Gasteiger partial charge in [0.1, 0.15) is 11.8 Å². The van der Waals surface area contributed by atoms with E-state index in [4.69, 9.17) is 24.4 Å². The van der Waals surface area contributed by atoms with Crippen LogP contribution in [-0.2, 0) is 19.1 Å². The number of anilines is 1. The molecule has 1 rings (SSSR count). The first-order valence-electron chi connectivity index (χ1n) is 8.63. The predicted octanol–water partition coefficient (Wildman–Crippen LogP) is 1.19. The van der Waals surface area contributed by atoms with Gasteiger partial charge in [0, 0.05) is 39.4 Å². The molecule has 10 heteroatoms. The Kier molecular flexibility index (Phi) is 10.4. The van der Waals surface area contributed by atoms with Crippen molar-refractivity contribution in [2.75, 3.05) is 45.4 Å². The van der Waals surface area contributed by atoms with Crippen LogP contribution in [0.2, 0.25) is 0 Å². The van der Waals surface area contributed by atoms with E-state index < -0.39 is 24.1 Å². The molecule has 0 aromatic heterocycles. The fraction of sp³-hybridized carbons (Fsp3) is 0.500. The smallest absolute Gasteiger partial charge is 0.413 e. The lowest BCUT2D eigenvalue weighted by atomic mass is 10.1. The van der Waals surface area contributed by atoms with Crippen molar-refractivity contribution in [2.45, 2.75) is 18.9 Å². The molecule has 0 aliphatic heterocycles. The van der Waals surface area contributed by atoms with Gasteiger partial charge >= 0.3 is 18.0 Å². The average Bonchev–Trinajstić information content (AvgIpc) is 2.65. The standard InChI is InChI=1S/C18H26N2O8/c1-26-11-9-20(10-12-27-2)13-3-5-14(6-4-13)28-18(25)19-15(17(23)24)7-8-16(21)22/h3-6,15H,7-12H2,1-2H3,(H,19,25)(H,21,22)(H,23,24). The number of carbonyl (C=O) groups is 3. The topological polar surface area (TPSA) is 135 Å². The summed E-state index contributed by atoms with van der Waals surface area (Å²) < 4.78 is 15.3. The molecule has 1 aromatic carbocycles. The summed E-state index contributed by atoms with van der Waals surface area (Å²) in [7, 11) is 3.23. The molecule has 0 bridgehead atoms. The minimum absolute atomic E-state index is 0.224. The lowest BCUT2D eigenvalue weighted by Crippen LogP contribution is -2.42. The number of aliphatic carboxylic acids is 2. The molecule has 1 amide bonds. The maximum absolute atomic E-state index is 11.9. The zero-order valence-electron chi connectivity index (χ0n) is 15.9. The van der Waals surface area contributed by atoms with Crippen molar-refractivity contribution in [3.63, 3.8) is 0 Å². The Morgan fingerprint density at radius 1 is 1.04 bits per heavy atom. The van der Waals surface area contributed by atoms with Crippen molar-refractivity contribution in [1.29, 1.82) is 0 Å². The minimum atomic E-state index is -1.35. The quantitative estimate of drug-likeness (QED) is 0.448. The molecule has 3 N–H and O–H groups in total. The number of hydrogen-bond acceptors (Lipinski definition) is 7. The summed E-state index contributed by atoms with van der Waals surface area (Å²) in [6, 6.07) is 5.32. The van der Waals surface area contributed by atoms with Gasteiger partial charge in [0.15, 0.2) is 0 Å². The fourth-order valence-electron chi connectivity index (χ4n) is 2.30. The lowest BCUT2D eigenvalue weighted by Gasteiger charge is -2.24. The first-order valence-corrected chi connectivity index (χ1v) is 8.63. The highest BCUT2D eigenvalue weighted by molar-refractivity contribution is 5.81. The number of nitrogens with one attached hydrogen (secondary N) is 1. The second-order valence-corrected chi connectivity index (χ2v) is 5.82. The van der Waals surface area contributed by atoms with E-state index in [1.807, 2.05) is 4.90 Å². The van der Waals surface area contributed by atoms with Gasteiger partial charge in [0.2, 0.25) is 0 Å². The van der Waals surface area contributed by atoms with Gasteiger partial charge in [-0.3, -0.25) is 4.79 Å². The van der Waals surface area contributed by atoms with E-state index in [1.165, 1.54) is 0 Å². The summed E-state index contributed by atoms with van der Waals surface area (Å²) in [5.41, 5.74) is 0.881. The summed E-state index contributed by atoms with van der Waals surface area (Å²) in [5, 5.41) is 19.8. The maximum Gasteiger partial charge on any atom is 0.413 e. The first-order chi connectivity index (χ1) is 13.4. The molecule has 10 nitrogen and oxygen atoms in total. The highest BCUT2D eigenvalue weighted by atomic mass is 16.6. The van der Waals surface area contributed by atoms with E-state index in [0.717, 1.165) is 5.69 Å². The highest BCUT2D eigenvalue weighted by Gasteiger charge is 2.22. The summed E-state index contributed by atoms with van der Waals surface area (Å²) in [6.45, 7) is 2.39. The van der Waals surface area contributed by atoms with Gasteiger partial charge < -0.3 is 34.6 Å². The normalized spacial score (nSPS) is 11.5. The minimum Gasteiger partial charge on any atom is -0.481 e. The molecule has 0 aliphatic carbocycles. The van der Waals surface area contributed by atoms with E-state index >= 15 is 0 Å². The third-order valence-corrected chi connectivity index (χ3v) is 3.78. The van der Waals surface area contributed by atoms with Crippen LogP contribution in [0.5, 0.6) is 5.75 Å². The number of carboxylic acid groups (broad SMARTS) is 2. The predicted molar refractivity (Wildman–Crippen MR) is 99.9 cm³/mol. The number of carboxylic acids is 2. The van der Waals surface area contributed by atoms with Crippen LogP contribution in [0.4, 0.5) is 10.5 Å². The zero-order chi connectivity index (χ0) is 20.9. The Hall–Kier alpha value is -2.85. The number of benzene rings is 1. The number of ether oxygens (including phenoxy) is 3. The molecular weight excluding hydrogens is 372 g/mol. The average molecular weight is 398 g/mol. The molecule has 28 heavy (non-hydrogen) atoms. The molecule has 0 spiro atoms. The Bertz CT molecular complexity index is 627. The van der Waals surface area contributed by atoms with E-state index in [2.05, 4.69) is 5.32 Å². The van der Waals surface area contributed by atoms with E-state index in [9.17, 15) is 14.4 Å². The Morgan fingerprint density at radius 2 is 1.61 bits per heavy atom. The number of methoxy groups -OCH3 is 2. The van der Waals surface area contributed by atoms with Crippen molar-refractivity contribution >= 4 is 23.7 Å². The van der Waals surface area contributed by atoms with Crippen LogP contribution in [0, 0.1) is 0 Å². The van der Waals surface area contributed by atoms with Gasteiger partial charge in [-0.1, -0.05) is 0 Å². The molecule has 156 valence electrons. The molecule has 1 unspecified atom stereocenters. The van der Waals surface area contributed by atoms with Gasteiger partial charge in [0.05, 0.1) is 13.2 Å². The van der Waals surface area contributed by atoms with Gasteiger partial charge in [-0.25, -0.2) is 9.59 Å². The van der Waals surface area contributed by atoms with Crippen LogP contribution in [0.25, 0.3) is 0 Å². The van der Waals surface area contributed by atoms with Crippen LogP contribution >= 0.6 is 0 Å². The van der Waals surface area contributed by atoms with Gasteiger partial charge in [-0.15, -0.1) is 0 Å². The van der Waals surface area contributed by atoms with Crippen molar-refractivity contribution in [3.05, 3.63) is 24.3 Å². The second-order valence-electron chi connectivity index (χ2n) is 5.82. The van der Waals surface area contributed by atoms with Gasteiger partial charge in [-0.05, 0) is 30.7 Å². The molecule has 0 saturated carbocycles. The third kappa shape index (κ3) is 8.69. The van der Waals surface area contributed by atoms with Crippen LogP contribution in [0.3, 0.4) is 0 Å². The Balaban J connectivity index is 2.67. The van der Waals surface area contributed by atoms with Crippen LogP contribution in [0.1, 0.15) is 12.8 Å². The van der Waals surface area contributed by atoms with Gasteiger partial charge in [0.25, 0.3) is 0 Å². The van der Waals surface area contributed by atoms with Crippen LogP contribution in [0.15, 0.2) is 24.3 Å². The molecule has 0 saturated heterocycles. The monoisotopic (exact) mass is 398 g/mol. The van der Waals surface area contributed by atoms with E-state index in [1.54, 1.807) is 38.5 Å². The number of carbonyl (C=O) groups excluding carboxylic acids is 1. The number of nitrogens with zero attached hydrogens (tertiary/aromatic N) is 1. The molecule has 0 heterocycles. The maximum atomic E-state index is 11.9. The zero-order valence-corrected chi connectivity index (χ0v) is 15.9. The molecule has 1 aromatic rings. The fourth-order valence-corrected chi connectivity index (χ4v) is 2.30. The summed E-state index contributed by atoms with van der Waals surface area (Å²) in [6.07, 6.45) is -1.60. The van der Waals surface area contributed by atoms with Crippen LogP contribution < -0.4 is 15.0 Å². The SMILES string of the molecule is COCCN(CCOC)c1ccc(OC(=O)NC(CCC(=O)O)C(=O)O)cc1. The van der Waals surface area contributed by atoms with Crippen LogP contribution in [-0.4, -0.2) is 74.8 Å². The van der Waals surface area contributed by atoms with E-state index in [-0.39, 0.29) is 18.6 Å². The van der Waals surface area contributed by atoms with E-state index in [0.29, 0.717) is 26.3 Å². The molecule has 1 atom stereocenters. The van der Waals surface area contributed by atoms with Crippen molar-refractivity contribution in [1.82, 2.24) is 5.32 Å². The Labute approximate surface area is 163 Å². The Morgan fingerprint density at radius 3 is 2.07 bits per heavy atom. The molecular formula is C18H26N2O8. The third-order valence-electron chi connectivity index (χ3n) is 3.78. The summed E-state index contributed by atoms with van der Waals surface area (Å²) in [5.74, 6) is -2.26. The number of rotatable bonds is 13. The van der Waals surface area contributed by atoms with Crippen molar-refractivity contribution < 1.29 is 38.8 Å². The summed E-state index contributed by atoms with van der Waals surface area (Å²) >= 11 is 0. The van der Waals surface area contributed by atoms with Crippen molar-refractivity contribution in [3.8, 4) is 5.75 Å². The largest absolute Gasteiger partial charge is 0.481 e. The number of amides is 1. The highest BCUT2D eigenvalue weighted by Crippen LogP contribution is 2.19. The second kappa shape index (κ2) is 12.5. The number of hydrogen-bond donors (Lipinski definition) is 3. The lowest BCUT2D eigenvalue weighted by molar-refractivity contribution is -0.140. The van der Waals surface area contributed by atoms with Crippen molar-refractivity contribution in [2.24, 2.45) is 0 Å². The molecule has 0 aliphatic rings. The first kappa shape index (κ1) is 23.2. The van der Waals surface area contributed by atoms with Gasteiger partial charge in [-0.2, -0.15) is 0 Å². The summed E-state index contributed by atoms with van der Waals surface area (Å²) in [4.78, 5) is 35.6. The molecule has 0 fully saturated rings. The molecule has 0 radical (unpaired) electrons.